The summed E-state index contributed by atoms with van der Waals surface area (Å²) in [7, 11) is 2.03. The number of aliphatic hydroxyl groups is 1. The van der Waals surface area contributed by atoms with Gasteiger partial charge in [0.15, 0.2) is 0 Å². The summed E-state index contributed by atoms with van der Waals surface area (Å²) < 4.78 is 5.48. The second-order valence-corrected chi connectivity index (χ2v) is 4.14. The predicted molar refractivity (Wildman–Crippen MR) is 53.9 cm³/mol. The number of aryl methyl sites for hydroxylation is 1. The van der Waals surface area contributed by atoms with Gasteiger partial charge in [-0.15, -0.1) is 0 Å². The maximum absolute atomic E-state index is 9.49. The molecule has 0 aromatic carbocycles. The molecule has 3 nitrogen and oxygen atoms in total. The predicted octanol–water partition coefficient (Wildman–Crippen LogP) is 1.54. The first-order valence-electron chi connectivity index (χ1n) is 5.10. The van der Waals surface area contributed by atoms with Gasteiger partial charge in [-0.05, 0) is 38.9 Å². The van der Waals surface area contributed by atoms with E-state index in [-0.39, 0.29) is 6.10 Å². The van der Waals surface area contributed by atoms with Gasteiger partial charge >= 0.3 is 0 Å². The number of likely N-dealkylation sites (N-methyl/N-ethyl adjacent to an activating group) is 1. The summed E-state index contributed by atoms with van der Waals surface area (Å²) in [6.07, 6.45) is 1.89. The van der Waals surface area contributed by atoms with Gasteiger partial charge in [-0.3, -0.25) is 4.90 Å². The minimum absolute atomic E-state index is 0.143. The Kier molecular flexibility index (Phi) is 2.61. The van der Waals surface area contributed by atoms with Gasteiger partial charge in [0.1, 0.15) is 11.5 Å². The normalized spacial score (nSPS) is 26.6. The van der Waals surface area contributed by atoms with Gasteiger partial charge in [0.2, 0.25) is 0 Å². The Hall–Kier alpha value is -0.800. The van der Waals surface area contributed by atoms with Crippen molar-refractivity contribution in [3.05, 3.63) is 23.7 Å². The van der Waals surface area contributed by atoms with E-state index in [1.54, 1.807) is 0 Å². The number of hydrogen-bond acceptors (Lipinski definition) is 3. The summed E-state index contributed by atoms with van der Waals surface area (Å²) >= 11 is 0. The first-order valence-corrected chi connectivity index (χ1v) is 5.10. The Morgan fingerprint density at radius 2 is 2.29 bits per heavy atom. The molecule has 2 unspecified atom stereocenters. The lowest BCUT2D eigenvalue weighted by Crippen LogP contribution is -2.48. The Morgan fingerprint density at radius 3 is 2.71 bits per heavy atom. The van der Waals surface area contributed by atoms with E-state index in [4.69, 9.17) is 4.42 Å². The summed E-state index contributed by atoms with van der Waals surface area (Å²) in [5, 5.41) is 9.49. The highest BCUT2D eigenvalue weighted by Crippen LogP contribution is 2.25. The quantitative estimate of drug-likeness (QED) is 0.795. The fraction of sp³-hybridized carbons (Fsp3) is 0.636. The van der Waals surface area contributed by atoms with Crippen molar-refractivity contribution < 1.29 is 9.52 Å². The zero-order valence-electron chi connectivity index (χ0n) is 8.73. The molecule has 78 valence electrons. The molecule has 1 aliphatic rings. The SMILES string of the molecule is Cc1ccc(CN(C)C2CCC2O)o1. The topological polar surface area (TPSA) is 36.6 Å². The molecule has 2 rings (SSSR count). The highest BCUT2D eigenvalue weighted by molar-refractivity contribution is 5.05. The van der Waals surface area contributed by atoms with Crippen molar-refractivity contribution >= 4 is 0 Å². The maximum atomic E-state index is 9.49. The molecule has 0 radical (unpaired) electrons. The van der Waals surface area contributed by atoms with Crippen LogP contribution in [0.1, 0.15) is 24.4 Å². The highest BCUT2D eigenvalue weighted by atomic mass is 16.3. The monoisotopic (exact) mass is 195 g/mol. The molecule has 1 aromatic rings. The van der Waals surface area contributed by atoms with Gasteiger partial charge in [-0.25, -0.2) is 0 Å². The Balaban J connectivity index is 1.91. The maximum Gasteiger partial charge on any atom is 0.118 e. The van der Waals surface area contributed by atoms with E-state index in [2.05, 4.69) is 4.90 Å². The van der Waals surface area contributed by atoms with Crippen molar-refractivity contribution in [1.29, 1.82) is 0 Å². The van der Waals surface area contributed by atoms with E-state index in [0.29, 0.717) is 6.04 Å². The number of furan rings is 1. The van der Waals surface area contributed by atoms with E-state index in [9.17, 15) is 5.11 Å². The zero-order valence-corrected chi connectivity index (χ0v) is 8.73. The lowest BCUT2D eigenvalue weighted by Gasteiger charge is -2.39. The highest BCUT2D eigenvalue weighted by Gasteiger charge is 2.32. The van der Waals surface area contributed by atoms with Crippen LogP contribution in [0.2, 0.25) is 0 Å². The van der Waals surface area contributed by atoms with Gasteiger partial charge in [-0.1, -0.05) is 0 Å². The molecule has 1 heterocycles. The third-order valence-corrected chi connectivity index (χ3v) is 2.97. The fourth-order valence-electron chi connectivity index (χ4n) is 1.91. The standard InChI is InChI=1S/C11H17NO2/c1-8-3-4-9(14-8)7-12(2)10-5-6-11(10)13/h3-4,10-11,13H,5-7H2,1-2H3. The van der Waals surface area contributed by atoms with Crippen molar-refractivity contribution in [3.63, 3.8) is 0 Å². The summed E-state index contributed by atoms with van der Waals surface area (Å²) in [6.45, 7) is 2.73. The van der Waals surface area contributed by atoms with Crippen LogP contribution in [0.3, 0.4) is 0 Å². The molecule has 0 aliphatic heterocycles. The van der Waals surface area contributed by atoms with Crippen LogP contribution in [0.4, 0.5) is 0 Å². The molecule has 0 bridgehead atoms. The average molecular weight is 195 g/mol. The molecule has 1 N–H and O–H groups in total. The van der Waals surface area contributed by atoms with E-state index >= 15 is 0 Å². The number of hydrogen-bond donors (Lipinski definition) is 1. The molecular weight excluding hydrogens is 178 g/mol. The van der Waals surface area contributed by atoms with Gasteiger partial charge in [0.05, 0.1) is 12.6 Å². The summed E-state index contributed by atoms with van der Waals surface area (Å²) in [4.78, 5) is 2.16. The number of rotatable bonds is 3. The van der Waals surface area contributed by atoms with Gasteiger partial charge in [0.25, 0.3) is 0 Å². The average Bonchev–Trinajstić information content (AvgIpc) is 2.48. The van der Waals surface area contributed by atoms with Crippen molar-refractivity contribution in [3.8, 4) is 0 Å². The Morgan fingerprint density at radius 1 is 1.50 bits per heavy atom. The second-order valence-electron chi connectivity index (χ2n) is 4.14. The molecule has 3 heteroatoms. The van der Waals surface area contributed by atoms with Crippen LogP contribution in [-0.4, -0.2) is 29.2 Å². The van der Waals surface area contributed by atoms with Crippen LogP contribution in [0.5, 0.6) is 0 Å². The Labute approximate surface area is 84.3 Å². The van der Waals surface area contributed by atoms with Gasteiger partial charge < -0.3 is 9.52 Å². The van der Waals surface area contributed by atoms with E-state index < -0.39 is 0 Å². The van der Waals surface area contributed by atoms with Crippen molar-refractivity contribution in [1.82, 2.24) is 4.90 Å². The van der Waals surface area contributed by atoms with Crippen molar-refractivity contribution in [2.75, 3.05) is 7.05 Å². The third kappa shape index (κ3) is 1.83. The minimum atomic E-state index is -0.143. The lowest BCUT2D eigenvalue weighted by molar-refractivity contribution is -0.0152. The minimum Gasteiger partial charge on any atom is -0.465 e. The molecule has 2 atom stereocenters. The zero-order chi connectivity index (χ0) is 10.1. The second kappa shape index (κ2) is 3.75. The lowest BCUT2D eigenvalue weighted by atomic mass is 9.88. The van der Waals surface area contributed by atoms with Crippen LogP contribution in [0.25, 0.3) is 0 Å². The van der Waals surface area contributed by atoms with Crippen molar-refractivity contribution in [2.45, 2.75) is 38.5 Å². The van der Waals surface area contributed by atoms with Crippen LogP contribution in [-0.2, 0) is 6.54 Å². The van der Waals surface area contributed by atoms with Gasteiger partial charge in [0, 0.05) is 6.04 Å². The molecule has 0 spiro atoms. The third-order valence-electron chi connectivity index (χ3n) is 2.97. The molecule has 1 saturated carbocycles. The van der Waals surface area contributed by atoms with E-state index in [1.165, 1.54) is 0 Å². The molecule has 0 amide bonds. The number of aliphatic hydroxyl groups excluding tert-OH is 1. The van der Waals surface area contributed by atoms with E-state index in [0.717, 1.165) is 30.9 Å². The first kappa shape index (κ1) is 9.74. The largest absolute Gasteiger partial charge is 0.465 e. The molecule has 0 saturated heterocycles. The summed E-state index contributed by atoms with van der Waals surface area (Å²) in [5.74, 6) is 1.92. The molecule has 1 fully saturated rings. The van der Waals surface area contributed by atoms with Crippen LogP contribution >= 0.6 is 0 Å². The number of nitrogens with zero attached hydrogens (tertiary/aromatic N) is 1. The summed E-state index contributed by atoms with van der Waals surface area (Å²) in [5.41, 5.74) is 0. The smallest absolute Gasteiger partial charge is 0.118 e. The van der Waals surface area contributed by atoms with Crippen LogP contribution in [0, 0.1) is 6.92 Å². The molecular formula is C11H17NO2. The molecule has 1 aromatic heterocycles. The van der Waals surface area contributed by atoms with Crippen LogP contribution < -0.4 is 0 Å². The summed E-state index contributed by atoms with van der Waals surface area (Å²) in [6, 6.07) is 4.29. The Bertz CT molecular complexity index is 308. The fourth-order valence-corrected chi connectivity index (χ4v) is 1.91. The van der Waals surface area contributed by atoms with E-state index in [1.807, 2.05) is 26.1 Å². The van der Waals surface area contributed by atoms with Crippen LogP contribution in [0.15, 0.2) is 16.5 Å². The molecule has 14 heavy (non-hydrogen) atoms. The van der Waals surface area contributed by atoms with Gasteiger partial charge in [-0.2, -0.15) is 0 Å². The molecule has 1 aliphatic carbocycles. The first-order chi connectivity index (χ1) is 6.66. The van der Waals surface area contributed by atoms with Crippen molar-refractivity contribution in [2.24, 2.45) is 0 Å².